The molecule has 0 spiro atoms. The standard InChI is InChI=1S/C86H124N10O22S4/c1-107-41-45-111-49-53-115-59-79(99)87-35-13-11-23-67(93-81(101)61-117-55-51-113-47-43-109-3)85(105)95-69(57-63-17-7-5-8-18-63)83(103)91-39-37-89-77(97)25-15-21-65-27-29-71(119-65)73-31-33-75(121-73)76-34-32-74(122-76)72-30-28-66(120-72)22-16-26-78(98)90-38-40-92-84(104)70(58-64-19-9-6-10-20-64)96-86(106)68(94-82(102)62-118-56-52-114-48-44-110-4)24-12-14-36-88-80(100)60-116-54-50-112-46-42-108-2/h5-10,17-20,27-34,67-70H,11-16,21-26,35-62H2,1-4H3,(H,87,99)(H,88,100)(H,89,97)(H,90,98)(H,91,103)(H,92,104)(H,93,101)(H,94,102)(H,95,105)(H,96,106). The number of amides is 10. The third-order valence-corrected chi connectivity index (χ3v) is 23.2. The summed E-state index contributed by atoms with van der Waals surface area (Å²) in [5, 5.41) is 28.4. The number of carbonyl (C=O) groups is 10. The molecule has 0 saturated heterocycles. The van der Waals surface area contributed by atoms with Crippen LogP contribution in [-0.4, -0.2) is 283 Å². The van der Waals surface area contributed by atoms with Gasteiger partial charge in [-0.2, -0.15) is 0 Å². The second-order valence-corrected chi connectivity index (χ2v) is 32.4. The van der Waals surface area contributed by atoms with Gasteiger partial charge in [-0.15, -0.1) is 45.3 Å². The molecule has 4 aromatic heterocycles. The van der Waals surface area contributed by atoms with Crippen molar-refractivity contribution in [3.63, 3.8) is 0 Å². The topological polar surface area (TPSA) is 402 Å². The van der Waals surface area contributed by atoms with Gasteiger partial charge in [-0.05, 0) is 124 Å². The molecule has 2 aromatic carbocycles. The van der Waals surface area contributed by atoms with Gasteiger partial charge in [0, 0.05) is 132 Å². The highest BCUT2D eigenvalue weighted by Gasteiger charge is 2.30. The molecule has 4 atom stereocenters. The minimum Gasteiger partial charge on any atom is -0.382 e. The third-order valence-electron chi connectivity index (χ3n) is 18.2. The summed E-state index contributed by atoms with van der Waals surface area (Å²) < 4.78 is 63.1. The lowest BCUT2D eigenvalue weighted by Gasteiger charge is -2.23. The molecule has 0 aliphatic rings. The van der Waals surface area contributed by atoms with E-state index in [0.717, 1.165) is 50.1 Å². The lowest BCUT2D eigenvalue weighted by molar-refractivity contribution is -0.134. The SMILES string of the molecule is COCCOCCOCC(=O)NCCCCC(NC(=O)COCCOCCOC)C(=O)NC(Cc1ccccc1)C(=O)NCCNC(=O)CCCc1ccc(-c2ccc(-c3ccc(-c4ccc(CCCC(=O)NCCNC(=O)C(Cc5ccccc5)NC(=O)C(CCCCNC(=O)COCCOCCOC)NC(=O)COCCOCCOC)s4)s3)s2)s1. The molecule has 4 heterocycles. The van der Waals surface area contributed by atoms with Crippen LogP contribution < -0.4 is 53.2 Å². The summed E-state index contributed by atoms with van der Waals surface area (Å²) in [5.74, 6) is -4.07. The van der Waals surface area contributed by atoms with Crippen LogP contribution in [-0.2, 0) is 130 Å². The summed E-state index contributed by atoms with van der Waals surface area (Å²) in [4.78, 5) is 142. The Morgan fingerprint density at radius 3 is 0.910 bits per heavy atom. The Balaban J connectivity index is 0.899. The van der Waals surface area contributed by atoms with E-state index in [-0.39, 0.29) is 154 Å². The maximum absolute atomic E-state index is 14.1. The Labute approximate surface area is 731 Å². The van der Waals surface area contributed by atoms with Crippen LogP contribution in [0.3, 0.4) is 0 Å². The normalized spacial score (nSPS) is 12.2. The van der Waals surface area contributed by atoms with Crippen molar-refractivity contribution < 1.29 is 105 Å². The third kappa shape index (κ3) is 45.2. The molecule has 10 N–H and O–H groups in total. The van der Waals surface area contributed by atoms with E-state index in [9.17, 15) is 47.9 Å². The number of hydrogen-bond donors (Lipinski definition) is 10. The van der Waals surface area contributed by atoms with Gasteiger partial charge < -0.3 is 110 Å². The van der Waals surface area contributed by atoms with E-state index in [1.165, 1.54) is 0 Å². The number of nitrogens with one attached hydrogen (secondary N) is 10. The number of carbonyl (C=O) groups excluding carboxylic acids is 10. The Kier molecular flexibility index (Phi) is 53.9. The van der Waals surface area contributed by atoms with Crippen LogP contribution in [0.15, 0.2) is 109 Å². The molecule has 36 heteroatoms. The number of ether oxygens (including phenoxy) is 12. The van der Waals surface area contributed by atoms with E-state index >= 15 is 0 Å². The van der Waals surface area contributed by atoms with Gasteiger partial charge in [0.25, 0.3) is 0 Å². The van der Waals surface area contributed by atoms with E-state index in [1.807, 2.05) is 60.7 Å². The van der Waals surface area contributed by atoms with Crippen LogP contribution in [0.25, 0.3) is 29.3 Å². The summed E-state index contributed by atoms with van der Waals surface area (Å²) in [7, 11) is 6.29. The monoisotopic (exact) mass is 1780 g/mol. The number of methoxy groups -OCH3 is 4. The first-order valence-electron chi connectivity index (χ1n) is 41.4. The van der Waals surface area contributed by atoms with Gasteiger partial charge in [0.1, 0.15) is 50.6 Å². The molecule has 4 unspecified atom stereocenters. The number of hydrogen-bond acceptors (Lipinski definition) is 26. The highest BCUT2D eigenvalue weighted by atomic mass is 32.1. The molecule has 32 nitrogen and oxygen atoms in total. The summed E-state index contributed by atoms with van der Waals surface area (Å²) in [6, 6.07) is 31.3. The molecule has 674 valence electrons. The van der Waals surface area contributed by atoms with Crippen molar-refractivity contribution in [1.29, 1.82) is 0 Å². The Bertz CT molecular complexity index is 3700. The average Bonchev–Trinajstić information content (AvgIpc) is 1.66. The van der Waals surface area contributed by atoms with Crippen LogP contribution in [0.4, 0.5) is 0 Å². The second-order valence-electron chi connectivity index (χ2n) is 27.9. The predicted octanol–water partition coefficient (Wildman–Crippen LogP) is 5.76. The van der Waals surface area contributed by atoms with E-state index in [0.29, 0.717) is 131 Å². The fourth-order valence-electron chi connectivity index (χ4n) is 11.8. The highest BCUT2D eigenvalue weighted by Crippen LogP contribution is 2.43. The molecular weight excluding hydrogens is 1650 g/mol. The lowest BCUT2D eigenvalue weighted by Crippen LogP contribution is -2.55. The van der Waals surface area contributed by atoms with Crippen molar-refractivity contribution in [2.45, 2.75) is 114 Å². The van der Waals surface area contributed by atoms with Gasteiger partial charge >= 0.3 is 0 Å². The number of benzene rings is 2. The van der Waals surface area contributed by atoms with E-state index in [2.05, 4.69) is 102 Å². The molecule has 0 saturated carbocycles. The first-order chi connectivity index (χ1) is 59.5. The van der Waals surface area contributed by atoms with Gasteiger partial charge in [-0.1, -0.05) is 60.7 Å². The van der Waals surface area contributed by atoms with Crippen LogP contribution in [0.2, 0.25) is 0 Å². The van der Waals surface area contributed by atoms with Gasteiger partial charge in [-0.25, -0.2) is 0 Å². The Morgan fingerprint density at radius 2 is 0.566 bits per heavy atom. The van der Waals surface area contributed by atoms with Gasteiger partial charge in [-0.3, -0.25) is 47.9 Å². The highest BCUT2D eigenvalue weighted by molar-refractivity contribution is 7.28. The molecule has 0 aliphatic carbocycles. The van der Waals surface area contributed by atoms with Crippen molar-refractivity contribution in [2.75, 3.05) is 200 Å². The van der Waals surface area contributed by atoms with E-state index < -0.39 is 59.6 Å². The van der Waals surface area contributed by atoms with Crippen molar-refractivity contribution in [1.82, 2.24) is 53.2 Å². The molecule has 0 bridgehead atoms. The van der Waals surface area contributed by atoms with Crippen LogP contribution in [0, 0.1) is 0 Å². The largest absolute Gasteiger partial charge is 0.382 e. The van der Waals surface area contributed by atoms with Crippen molar-refractivity contribution in [2.24, 2.45) is 0 Å². The quantitative estimate of drug-likeness (QED) is 0.0203. The minimum atomic E-state index is -1.04. The Hall–Kier alpha value is -8.54. The molecular formula is C86H124N10O22S4. The molecule has 0 aliphatic heterocycles. The van der Waals surface area contributed by atoms with Crippen LogP contribution in [0.1, 0.15) is 85.1 Å². The van der Waals surface area contributed by atoms with Gasteiger partial charge in [0.15, 0.2) is 0 Å². The fourth-order valence-corrected chi connectivity index (χ4v) is 16.2. The molecule has 6 aromatic rings. The maximum atomic E-state index is 14.1. The average molecular weight is 1780 g/mol. The first-order valence-corrected chi connectivity index (χ1v) is 44.7. The lowest BCUT2D eigenvalue weighted by atomic mass is 10.0. The molecule has 10 amide bonds. The molecule has 6 rings (SSSR count). The molecule has 122 heavy (non-hydrogen) atoms. The number of aryl methyl sites for hydroxylation is 2. The van der Waals surface area contributed by atoms with Crippen molar-refractivity contribution in [3.8, 4) is 29.3 Å². The van der Waals surface area contributed by atoms with Gasteiger partial charge in [0.2, 0.25) is 59.1 Å². The zero-order valence-electron chi connectivity index (χ0n) is 70.6. The maximum Gasteiger partial charge on any atom is 0.246 e. The number of unbranched alkanes of at least 4 members (excludes halogenated alkanes) is 2. The second kappa shape index (κ2) is 64.3. The summed E-state index contributed by atoms with van der Waals surface area (Å²) in [6.07, 6.45) is 5.77. The zero-order valence-corrected chi connectivity index (χ0v) is 73.9. The smallest absolute Gasteiger partial charge is 0.246 e. The zero-order chi connectivity index (χ0) is 87.3. The van der Waals surface area contributed by atoms with E-state index in [4.69, 9.17) is 56.8 Å². The van der Waals surface area contributed by atoms with Crippen molar-refractivity contribution >= 4 is 104 Å². The molecule has 0 radical (unpaired) electrons. The number of thiophene rings is 4. The van der Waals surface area contributed by atoms with Gasteiger partial charge in [0.05, 0.1) is 106 Å². The van der Waals surface area contributed by atoms with Crippen molar-refractivity contribution in [3.05, 3.63) is 130 Å². The van der Waals surface area contributed by atoms with E-state index in [1.54, 1.807) is 73.8 Å². The molecule has 0 fully saturated rings. The summed E-state index contributed by atoms with van der Waals surface area (Å²) in [6.45, 7) is 5.44. The minimum absolute atomic E-state index is 0.103. The number of rotatable bonds is 71. The predicted molar refractivity (Wildman–Crippen MR) is 468 cm³/mol. The Morgan fingerprint density at radius 1 is 0.270 bits per heavy atom. The summed E-state index contributed by atoms with van der Waals surface area (Å²) >= 11 is 6.86. The first kappa shape index (κ1) is 102. The van der Waals surface area contributed by atoms with Crippen LogP contribution in [0.5, 0.6) is 0 Å². The van der Waals surface area contributed by atoms with Crippen LogP contribution >= 0.6 is 45.3 Å². The fraction of sp³-hybridized carbons (Fsp3) is 0.558. The summed E-state index contributed by atoms with van der Waals surface area (Å²) in [5.41, 5.74) is 1.59.